The van der Waals surface area contributed by atoms with Crippen LogP contribution in [0.2, 0.25) is 0 Å². The molecule has 2 aromatic heterocycles. The van der Waals surface area contributed by atoms with E-state index in [2.05, 4.69) is 68.2 Å². The van der Waals surface area contributed by atoms with Crippen molar-refractivity contribution in [1.29, 1.82) is 0 Å². The number of nitrogens with zero attached hydrogens (tertiary/aromatic N) is 1. The molecule has 0 saturated heterocycles. The zero-order valence-corrected chi connectivity index (χ0v) is 15.0. The van der Waals surface area contributed by atoms with E-state index < -0.39 is 0 Å². The number of ether oxygens (including phenoxy) is 1. The van der Waals surface area contributed by atoms with Crippen LogP contribution >= 0.6 is 11.3 Å². The molecule has 0 N–H and O–H groups in total. The molecule has 1 aliphatic rings. The van der Waals surface area contributed by atoms with Crippen LogP contribution < -0.4 is 9.30 Å². The van der Waals surface area contributed by atoms with Crippen molar-refractivity contribution >= 4 is 32.2 Å². The Morgan fingerprint density at radius 3 is 2.75 bits per heavy atom. The molecule has 0 saturated carbocycles. The molecule has 0 radical (unpaired) electrons. The summed E-state index contributed by atoms with van der Waals surface area (Å²) >= 11 is 1.76. The molecule has 4 aromatic rings. The average Bonchev–Trinajstić information content (AvgIpc) is 2.99. The van der Waals surface area contributed by atoms with Crippen LogP contribution in [0.5, 0.6) is 11.5 Å². The van der Waals surface area contributed by atoms with Gasteiger partial charge in [0.15, 0.2) is 6.20 Å². The number of rotatable bonds is 0. The fraction of sp³-hybridized carbons (Fsp3) is 0.190. The smallest absolute Gasteiger partial charge is 0.257 e. The molecule has 0 amide bonds. The summed E-state index contributed by atoms with van der Waals surface area (Å²) < 4.78 is 9.94. The van der Waals surface area contributed by atoms with E-state index in [0.717, 1.165) is 11.5 Å². The van der Waals surface area contributed by atoms with Gasteiger partial charge in [0.2, 0.25) is 5.75 Å². The molecule has 5 rings (SSSR count). The van der Waals surface area contributed by atoms with E-state index in [1.54, 1.807) is 11.3 Å². The summed E-state index contributed by atoms with van der Waals surface area (Å²) in [5, 5.41) is 5.84. The highest BCUT2D eigenvalue weighted by Crippen LogP contribution is 2.50. The lowest BCUT2D eigenvalue weighted by atomic mass is 9.89. The van der Waals surface area contributed by atoms with Crippen molar-refractivity contribution in [2.24, 2.45) is 7.05 Å². The fourth-order valence-corrected chi connectivity index (χ4v) is 4.76. The number of benzene rings is 2. The first kappa shape index (κ1) is 14.0. The third-order valence-electron chi connectivity index (χ3n) is 5.13. The molecule has 2 aromatic carbocycles. The van der Waals surface area contributed by atoms with Crippen molar-refractivity contribution < 1.29 is 9.30 Å². The van der Waals surface area contributed by atoms with Gasteiger partial charge < -0.3 is 4.74 Å². The fourth-order valence-electron chi connectivity index (χ4n) is 3.90. The van der Waals surface area contributed by atoms with Gasteiger partial charge in [0.1, 0.15) is 17.5 Å². The van der Waals surface area contributed by atoms with Gasteiger partial charge in [0.05, 0.1) is 5.56 Å². The lowest BCUT2D eigenvalue weighted by Crippen LogP contribution is -2.32. The Labute approximate surface area is 144 Å². The normalized spacial score (nSPS) is 12.5. The topological polar surface area (TPSA) is 13.1 Å². The van der Waals surface area contributed by atoms with Gasteiger partial charge in [-0.05, 0) is 60.4 Å². The maximum absolute atomic E-state index is 6.46. The molecule has 1 aliphatic heterocycles. The van der Waals surface area contributed by atoms with E-state index in [4.69, 9.17) is 4.74 Å². The Bertz CT molecular complexity index is 1170. The first-order valence-electron chi connectivity index (χ1n) is 8.17. The first-order chi connectivity index (χ1) is 11.5. The van der Waals surface area contributed by atoms with E-state index >= 15 is 0 Å². The molecule has 0 unspecified atom stereocenters. The lowest BCUT2D eigenvalue weighted by molar-refractivity contribution is -0.659. The first-order valence-corrected chi connectivity index (χ1v) is 9.05. The number of thiophene rings is 1. The van der Waals surface area contributed by atoms with E-state index in [-0.39, 0.29) is 0 Å². The second kappa shape index (κ2) is 4.58. The Morgan fingerprint density at radius 1 is 1.08 bits per heavy atom. The Kier molecular flexibility index (Phi) is 2.67. The predicted molar refractivity (Wildman–Crippen MR) is 100 cm³/mol. The van der Waals surface area contributed by atoms with E-state index in [1.165, 1.54) is 48.8 Å². The minimum absolute atomic E-state index is 0.981. The van der Waals surface area contributed by atoms with Crippen molar-refractivity contribution in [3.05, 3.63) is 52.5 Å². The molecule has 3 heteroatoms. The number of aryl methyl sites for hydroxylation is 3. The van der Waals surface area contributed by atoms with Crippen LogP contribution in [0.1, 0.15) is 16.7 Å². The number of hydrogen-bond acceptors (Lipinski definition) is 2. The molecular weight excluding hydrogens is 314 g/mol. The van der Waals surface area contributed by atoms with Crippen LogP contribution in [0.25, 0.3) is 32.1 Å². The maximum Gasteiger partial charge on any atom is 0.257 e. The molecule has 0 fully saturated rings. The van der Waals surface area contributed by atoms with Crippen LogP contribution in [0.4, 0.5) is 0 Å². The largest absolute Gasteiger partial charge is 0.449 e. The minimum atomic E-state index is 0.981. The van der Waals surface area contributed by atoms with Crippen molar-refractivity contribution in [1.82, 2.24) is 0 Å². The summed E-state index contributed by atoms with van der Waals surface area (Å²) in [5.41, 5.74) is 6.40. The van der Waals surface area contributed by atoms with Gasteiger partial charge in [0, 0.05) is 10.8 Å². The zero-order valence-electron chi connectivity index (χ0n) is 14.2. The second-order valence-corrected chi connectivity index (χ2v) is 7.72. The SMILES string of the molecule is Cc1cc2c3c(c(C)c(C)cc3c1)-c1c(c3ccsc3c[n+]1C)O2. The number of hydrogen-bond donors (Lipinski definition) is 0. The van der Waals surface area contributed by atoms with Crippen LogP contribution in [0.3, 0.4) is 0 Å². The highest BCUT2D eigenvalue weighted by molar-refractivity contribution is 7.17. The molecule has 2 nitrogen and oxygen atoms in total. The van der Waals surface area contributed by atoms with E-state index in [9.17, 15) is 0 Å². The molecule has 3 heterocycles. The van der Waals surface area contributed by atoms with Gasteiger partial charge in [-0.2, -0.15) is 4.57 Å². The standard InChI is InChI=1S/C21H18NOS/c1-11-7-14-9-12(2)13(3)18-19(14)16(8-11)23-21-15-5-6-24-17(15)10-22(4)20(18)21/h5-10H,1-4H3/q+1. The minimum Gasteiger partial charge on any atom is -0.449 e. The summed E-state index contributed by atoms with van der Waals surface area (Å²) in [6.45, 7) is 6.56. The molecular formula is C21H18NOS+. The molecule has 118 valence electrons. The van der Waals surface area contributed by atoms with Crippen molar-refractivity contribution in [3.8, 4) is 22.8 Å². The Balaban J connectivity index is 2.06. The molecule has 24 heavy (non-hydrogen) atoms. The summed E-state index contributed by atoms with van der Waals surface area (Å²) in [4.78, 5) is 0. The highest BCUT2D eigenvalue weighted by atomic mass is 32.1. The van der Waals surface area contributed by atoms with E-state index in [1.807, 2.05) is 0 Å². The van der Waals surface area contributed by atoms with Gasteiger partial charge in [-0.25, -0.2) is 0 Å². The van der Waals surface area contributed by atoms with Crippen LogP contribution in [0.15, 0.2) is 35.8 Å². The van der Waals surface area contributed by atoms with Crippen LogP contribution in [0, 0.1) is 20.8 Å². The monoisotopic (exact) mass is 332 g/mol. The molecule has 0 spiro atoms. The van der Waals surface area contributed by atoms with E-state index in [0.29, 0.717) is 0 Å². The van der Waals surface area contributed by atoms with Gasteiger partial charge in [-0.1, -0.05) is 12.1 Å². The quantitative estimate of drug-likeness (QED) is 0.338. The van der Waals surface area contributed by atoms with Gasteiger partial charge in [-0.15, -0.1) is 11.3 Å². The van der Waals surface area contributed by atoms with Crippen molar-refractivity contribution in [3.63, 3.8) is 0 Å². The summed E-state index contributed by atoms with van der Waals surface area (Å²) in [5.74, 6) is 1.97. The molecule has 0 bridgehead atoms. The van der Waals surface area contributed by atoms with Crippen molar-refractivity contribution in [2.75, 3.05) is 0 Å². The average molecular weight is 332 g/mol. The van der Waals surface area contributed by atoms with Crippen LogP contribution in [-0.2, 0) is 7.05 Å². The number of fused-ring (bicyclic) bond motifs is 4. The number of aromatic nitrogens is 1. The van der Waals surface area contributed by atoms with Gasteiger partial charge in [-0.3, -0.25) is 0 Å². The zero-order chi connectivity index (χ0) is 16.6. The van der Waals surface area contributed by atoms with Crippen molar-refractivity contribution in [2.45, 2.75) is 20.8 Å². The molecule has 0 aliphatic carbocycles. The Morgan fingerprint density at radius 2 is 1.92 bits per heavy atom. The highest BCUT2D eigenvalue weighted by Gasteiger charge is 2.32. The van der Waals surface area contributed by atoms with Gasteiger partial charge in [0.25, 0.3) is 5.69 Å². The Hall–Kier alpha value is -2.39. The summed E-state index contributed by atoms with van der Waals surface area (Å²) in [6, 6.07) is 8.87. The third-order valence-corrected chi connectivity index (χ3v) is 5.98. The lowest BCUT2D eigenvalue weighted by Gasteiger charge is -2.22. The predicted octanol–water partition coefficient (Wildman–Crippen LogP) is 5.58. The van der Waals surface area contributed by atoms with Crippen LogP contribution in [-0.4, -0.2) is 0 Å². The second-order valence-electron chi connectivity index (χ2n) is 6.77. The van der Waals surface area contributed by atoms with Gasteiger partial charge >= 0.3 is 0 Å². The summed E-state index contributed by atoms with van der Waals surface area (Å²) in [6.07, 6.45) is 2.22. The third kappa shape index (κ3) is 1.68. The maximum atomic E-state index is 6.46. The molecule has 0 atom stereocenters. The summed E-state index contributed by atoms with van der Waals surface area (Å²) in [7, 11) is 2.12. The number of pyridine rings is 1.